The van der Waals surface area contributed by atoms with Crippen molar-refractivity contribution in [3.63, 3.8) is 0 Å². The number of halogens is 1. The Hall–Kier alpha value is 0.0500. The van der Waals surface area contributed by atoms with Crippen LogP contribution in [0.2, 0.25) is 0 Å². The van der Waals surface area contributed by atoms with Gasteiger partial charge in [-0.05, 0) is 18.8 Å². The minimum absolute atomic E-state index is 0.0694. The number of rotatable bonds is 3. The number of aliphatic hydroxyl groups is 1. The van der Waals surface area contributed by atoms with Crippen molar-refractivity contribution in [1.29, 1.82) is 0 Å². The molecular weight excluding hydrogens is 210 g/mol. The highest BCUT2D eigenvalue weighted by atomic mass is 35.5. The smallest absolute Gasteiger partial charge is 0.142 e. The van der Waals surface area contributed by atoms with E-state index in [1.807, 2.05) is 5.01 Å². The van der Waals surface area contributed by atoms with E-state index in [2.05, 4.69) is 10.7 Å². The van der Waals surface area contributed by atoms with Gasteiger partial charge >= 0.3 is 0 Å². The van der Waals surface area contributed by atoms with Gasteiger partial charge in [0, 0.05) is 6.61 Å². The molecule has 0 aromatic rings. The molecule has 6 N–H and O–H groups in total. The third-order valence-electron chi connectivity index (χ3n) is 2.13. The van der Waals surface area contributed by atoms with Crippen LogP contribution in [0.5, 0.6) is 0 Å². The lowest BCUT2D eigenvalue weighted by molar-refractivity contribution is -0.995. The van der Waals surface area contributed by atoms with Crippen LogP contribution in [-0.4, -0.2) is 41.1 Å². The summed E-state index contributed by atoms with van der Waals surface area (Å²) in [5.41, 5.74) is 1.13. The first kappa shape index (κ1) is 14.1. The van der Waals surface area contributed by atoms with Crippen molar-refractivity contribution in [2.75, 3.05) is 25.8 Å². The first-order chi connectivity index (χ1) is 6.78. The number of nitrogens with two attached hydrogens (primary N) is 2. The van der Waals surface area contributed by atoms with E-state index in [0.717, 1.165) is 31.5 Å². The first-order valence-electron chi connectivity index (χ1n) is 4.48. The average molecular weight is 229 g/mol. The molecule has 1 saturated heterocycles. The third kappa shape index (κ3) is 6.50. The summed E-state index contributed by atoms with van der Waals surface area (Å²) in [5, 5.41) is 19.2. The van der Waals surface area contributed by atoms with Gasteiger partial charge in [0.05, 0.1) is 13.1 Å². The Balaban J connectivity index is 0.000000364. The third-order valence-corrected chi connectivity index (χ3v) is 2.26. The summed E-state index contributed by atoms with van der Waals surface area (Å²) in [6, 6.07) is 0.0694. The monoisotopic (exact) mass is 228 g/mol. The Morgan fingerprint density at radius 1 is 1.50 bits per heavy atom. The van der Waals surface area contributed by atoms with Crippen LogP contribution in [0.4, 0.5) is 0 Å². The van der Waals surface area contributed by atoms with E-state index in [4.69, 9.17) is 21.9 Å². The highest BCUT2D eigenvalue weighted by Gasteiger charge is 2.19. The molecule has 1 aliphatic heterocycles. The lowest BCUT2D eigenvalue weighted by Crippen LogP contribution is -2.91. The molecule has 0 spiro atoms. The van der Waals surface area contributed by atoms with Gasteiger partial charge in [0.15, 0.2) is 0 Å². The largest absolute Gasteiger partial charge is 0.396 e. The molecule has 0 aliphatic carbocycles. The standard InChI is InChI=1S/C6H14N2O2.CH4ClNO/c9-5-6-1-3-8(7-10)4-2-6;2-1-4-3/h6-7,9-10H,1-5H2;1,3H2/p+1. The fraction of sp³-hybridized carbons (Fsp3) is 1.00. The first-order valence-corrected chi connectivity index (χ1v) is 5.02. The second-order valence-corrected chi connectivity index (χ2v) is 3.27. The number of hydrogen-bond donors (Lipinski definition) is 4. The fourth-order valence-corrected chi connectivity index (χ4v) is 1.25. The van der Waals surface area contributed by atoms with E-state index in [1.54, 1.807) is 0 Å². The van der Waals surface area contributed by atoms with Crippen molar-refractivity contribution in [2.45, 2.75) is 12.8 Å². The van der Waals surface area contributed by atoms with Gasteiger partial charge in [-0.25, -0.2) is 5.90 Å². The van der Waals surface area contributed by atoms with Crippen LogP contribution < -0.4 is 11.5 Å². The second-order valence-electron chi connectivity index (χ2n) is 3.05. The van der Waals surface area contributed by atoms with Crippen molar-refractivity contribution in [3.05, 3.63) is 0 Å². The summed E-state index contributed by atoms with van der Waals surface area (Å²) in [4.78, 5) is 3.81. The Kier molecular flexibility index (Phi) is 9.63. The van der Waals surface area contributed by atoms with Crippen LogP contribution in [0.15, 0.2) is 0 Å². The van der Waals surface area contributed by atoms with E-state index in [9.17, 15) is 0 Å². The van der Waals surface area contributed by atoms with Crippen LogP contribution in [0.25, 0.3) is 0 Å². The maximum absolute atomic E-state index is 8.76. The van der Waals surface area contributed by atoms with E-state index >= 15 is 0 Å². The van der Waals surface area contributed by atoms with Crippen LogP contribution >= 0.6 is 11.6 Å². The summed E-state index contributed by atoms with van der Waals surface area (Å²) in [6.45, 7) is 2.04. The number of alkyl halides is 1. The van der Waals surface area contributed by atoms with Gasteiger partial charge in [-0.15, -0.1) is 10.6 Å². The molecule has 0 amide bonds. The number of quaternary nitrogens is 1. The zero-order chi connectivity index (χ0) is 10.8. The van der Waals surface area contributed by atoms with Gasteiger partial charge in [0.1, 0.15) is 6.07 Å². The van der Waals surface area contributed by atoms with Crippen molar-refractivity contribution in [1.82, 2.24) is 5.01 Å². The minimum atomic E-state index is 0.0694. The highest BCUT2D eigenvalue weighted by Crippen LogP contribution is 2.12. The molecule has 14 heavy (non-hydrogen) atoms. The molecule has 0 saturated carbocycles. The molecule has 0 bridgehead atoms. The second kappa shape index (κ2) is 9.60. The van der Waals surface area contributed by atoms with Crippen LogP contribution in [0.1, 0.15) is 12.8 Å². The topological polar surface area (TPSA) is 95.6 Å². The molecule has 1 heterocycles. The van der Waals surface area contributed by atoms with Gasteiger partial charge in [-0.1, -0.05) is 11.6 Å². The van der Waals surface area contributed by atoms with E-state index in [1.165, 1.54) is 0 Å². The SMILES string of the molecule is NOCCl.OCC1CCN([NH2+]O)CC1. The predicted molar refractivity (Wildman–Crippen MR) is 51.1 cm³/mol. The molecule has 0 unspecified atom stereocenters. The summed E-state index contributed by atoms with van der Waals surface area (Å²) in [6.07, 6.45) is 1.99. The van der Waals surface area contributed by atoms with Gasteiger partial charge in [0.2, 0.25) is 0 Å². The Bertz CT molecular complexity index is 109. The average Bonchev–Trinajstić information content (AvgIpc) is 2.29. The molecular formula is C7H19ClN3O3+. The molecule has 7 heteroatoms. The molecule has 6 nitrogen and oxygen atoms in total. The van der Waals surface area contributed by atoms with Gasteiger partial charge in [0.25, 0.3) is 0 Å². The zero-order valence-corrected chi connectivity index (χ0v) is 8.86. The quantitative estimate of drug-likeness (QED) is 0.272. The maximum atomic E-state index is 8.76. The molecule has 1 fully saturated rings. The molecule has 1 rings (SSSR count). The van der Waals surface area contributed by atoms with Crippen molar-refractivity contribution in [2.24, 2.45) is 11.8 Å². The number of aliphatic hydroxyl groups excluding tert-OH is 1. The molecule has 0 radical (unpaired) electrons. The summed E-state index contributed by atoms with van der Waals surface area (Å²) < 4.78 is 0. The minimum Gasteiger partial charge on any atom is -0.396 e. The number of hydrogen-bond acceptors (Lipinski definition) is 5. The van der Waals surface area contributed by atoms with Crippen molar-refractivity contribution >= 4 is 11.6 Å². The lowest BCUT2D eigenvalue weighted by Gasteiger charge is -2.25. The molecule has 0 aromatic heterocycles. The van der Waals surface area contributed by atoms with E-state index in [0.29, 0.717) is 12.5 Å². The maximum Gasteiger partial charge on any atom is 0.142 e. The number of nitrogens with zero attached hydrogens (tertiary/aromatic N) is 1. The summed E-state index contributed by atoms with van der Waals surface area (Å²) in [5.74, 6) is 4.85. The van der Waals surface area contributed by atoms with Gasteiger partial charge < -0.3 is 5.11 Å². The Labute approximate surface area is 88.5 Å². The van der Waals surface area contributed by atoms with Crippen molar-refractivity contribution in [3.8, 4) is 0 Å². The Morgan fingerprint density at radius 2 is 2.00 bits per heavy atom. The zero-order valence-electron chi connectivity index (χ0n) is 8.10. The molecule has 1 aliphatic rings. The van der Waals surface area contributed by atoms with Crippen LogP contribution in [0, 0.1) is 5.92 Å². The summed E-state index contributed by atoms with van der Waals surface area (Å²) in [7, 11) is 0. The Morgan fingerprint density at radius 3 is 2.29 bits per heavy atom. The van der Waals surface area contributed by atoms with Crippen LogP contribution in [0.3, 0.4) is 0 Å². The van der Waals surface area contributed by atoms with E-state index in [-0.39, 0.29) is 6.07 Å². The van der Waals surface area contributed by atoms with Gasteiger partial charge in [-0.2, -0.15) is 5.21 Å². The lowest BCUT2D eigenvalue weighted by atomic mass is 9.99. The number of piperidine rings is 1. The molecule has 0 aromatic carbocycles. The van der Waals surface area contributed by atoms with Crippen LogP contribution in [-0.2, 0) is 4.84 Å². The predicted octanol–water partition coefficient (Wildman–Crippen LogP) is -1.37. The van der Waals surface area contributed by atoms with Crippen molar-refractivity contribution < 1.29 is 20.7 Å². The molecule has 86 valence electrons. The summed E-state index contributed by atoms with van der Waals surface area (Å²) >= 11 is 4.84. The van der Waals surface area contributed by atoms with Gasteiger partial charge in [-0.3, -0.25) is 4.84 Å². The normalized spacial score (nSPS) is 18.9. The van der Waals surface area contributed by atoms with E-state index < -0.39 is 0 Å². The molecule has 0 atom stereocenters. The fourth-order valence-electron chi connectivity index (χ4n) is 1.25. The highest BCUT2D eigenvalue weighted by molar-refractivity contribution is 6.17.